The van der Waals surface area contributed by atoms with E-state index in [1.807, 2.05) is 6.07 Å². The number of aryl methyl sites for hydroxylation is 1. The van der Waals surface area contributed by atoms with Crippen molar-refractivity contribution in [1.82, 2.24) is 0 Å². The highest BCUT2D eigenvalue weighted by Crippen LogP contribution is 2.31. The summed E-state index contributed by atoms with van der Waals surface area (Å²) in [5.41, 5.74) is 6.65. The number of aromatic hydroxyl groups is 1. The van der Waals surface area contributed by atoms with Crippen molar-refractivity contribution in [3.05, 3.63) is 47.5 Å². The van der Waals surface area contributed by atoms with Crippen LogP contribution in [0.4, 0.5) is 11.4 Å². The van der Waals surface area contributed by atoms with Crippen LogP contribution in [0.25, 0.3) is 0 Å². The summed E-state index contributed by atoms with van der Waals surface area (Å²) in [6, 6.07) is 9.53. The molecule has 0 atom stereocenters. The molecule has 1 aliphatic heterocycles. The van der Waals surface area contributed by atoms with Gasteiger partial charge in [-0.2, -0.15) is 0 Å². The Kier molecular flexibility index (Phi) is 7.17. The Morgan fingerprint density at radius 1 is 1.07 bits per heavy atom. The number of phenols is 1. The van der Waals surface area contributed by atoms with Gasteiger partial charge in [0.25, 0.3) is 15.9 Å². The molecule has 30 heavy (non-hydrogen) atoms. The predicted octanol–water partition coefficient (Wildman–Crippen LogP) is 2.84. The third-order valence-electron chi connectivity index (χ3n) is 4.90. The van der Waals surface area contributed by atoms with Crippen LogP contribution in [-0.2, 0) is 21.2 Å². The summed E-state index contributed by atoms with van der Waals surface area (Å²) < 4.78 is 34.4. The fourth-order valence-electron chi connectivity index (χ4n) is 3.37. The highest BCUT2D eigenvalue weighted by molar-refractivity contribution is 7.92. The van der Waals surface area contributed by atoms with Crippen molar-refractivity contribution in [2.24, 2.45) is 5.73 Å². The minimum atomic E-state index is -4.06. The first-order chi connectivity index (χ1) is 14.4. The van der Waals surface area contributed by atoms with Crippen LogP contribution in [0, 0.1) is 0 Å². The number of benzene rings is 2. The van der Waals surface area contributed by atoms with Gasteiger partial charge in [-0.3, -0.25) is 9.52 Å². The summed E-state index contributed by atoms with van der Waals surface area (Å²) in [6.07, 6.45) is 5.00. The van der Waals surface area contributed by atoms with Crippen molar-refractivity contribution in [2.75, 3.05) is 29.8 Å². The first kappa shape index (κ1) is 21.9. The molecule has 0 fully saturated rings. The number of fused-ring (bicyclic) bond motifs is 3. The largest absolute Gasteiger partial charge is 0.507 e. The van der Waals surface area contributed by atoms with Gasteiger partial charge in [-0.1, -0.05) is 25.0 Å². The maximum atomic E-state index is 13.1. The van der Waals surface area contributed by atoms with Crippen molar-refractivity contribution in [2.45, 2.75) is 37.0 Å². The van der Waals surface area contributed by atoms with E-state index < -0.39 is 21.7 Å². The SMILES string of the molecule is NC(=O)c1cc2c(cc1O)NCCOCCCCCCc1cccc(c1)NS2(=O)=O. The molecule has 5 N–H and O–H groups in total. The number of amides is 1. The lowest BCUT2D eigenvalue weighted by atomic mass is 10.1. The second-order valence-corrected chi connectivity index (χ2v) is 8.89. The van der Waals surface area contributed by atoms with Gasteiger partial charge in [0.2, 0.25) is 0 Å². The molecule has 2 bridgehead atoms. The van der Waals surface area contributed by atoms with E-state index in [0.717, 1.165) is 43.7 Å². The first-order valence-electron chi connectivity index (χ1n) is 9.97. The summed E-state index contributed by atoms with van der Waals surface area (Å²) in [5.74, 6) is -1.31. The Morgan fingerprint density at radius 3 is 2.67 bits per heavy atom. The average molecular weight is 434 g/mol. The maximum absolute atomic E-state index is 13.1. The van der Waals surface area contributed by atoms with E-state index in [0.29, 0.717) is 25.4 Å². The average Bonchev–Trinajstić information content (AvgIpc) is 2.68. The molecular weight excluding hydrogens is 406 g/mol. The van der Waals surface area contributed by atoms with E-state index in [-0.39, 0.29) is 16.1 Å². The molecule has 0 saturated heterocycles. The number of sulfonamides is 1. The molecule has 1 aliphatic rings. The van der Waals surface area contributed by atoms with Gasteiger partial charge in [-0.05, 0) is 43.0 Å². The minimum absolute atomic E-state index is 0.161. The number of primary amides is 1. The van der Waals surface area contributed by atoms with E-state index in [9.17, 15) is 18.3 Å². The molecule has 0 unspecified atom stereocenters. The van der Waals surface area contributed by atoms with Crippen molar-refractivity contribution >= 4 is 27.3 Å². The monoisotopic (exact) mass is 433 g/mol. The molecule has 2 aromatic rings. The van der Waals surface area contributed by atoms with E-state index >= 15 is 0 Å². The fourth-order valence-corrected chi connectivity index (χ4v) is 4.61. The first-order valence-corrected chi connectivity index (χ1v) is 11.5. The smallest absolute Gasteiger partial charge is 0.263 e. The molecular formula is C21H27N3O5S. The molecule has 0 aliphatic carbocycles. The third kappa shape index (κ3) is 5.64. The molecule has 162 valence electrons. The fraction of sp³-hybridized carbons (Fsp3) is 0.381. The molecule has 1 heterocycles. The summed E-state index contributed by atoms with van der Waals surface area (Å²) in [5, 5.41) is 13.1. The van der Waals surface area contributed by atoms with Crippen LogP contribution in [0.3, 0.4) is 0 Å². The number of ether oxygens (including phenoxy) is 1. The number of rotatable bonds is 1. The zero-order valence-corrected chi connectivity index (χ0v) is 17.5. The number of hydrogen-bond donors (Lipinski definition) is 4. The molecule has 0 spiro atoms. The van der Waals surface area contributed by atoms with Gasteiger partial charge in [0, 0.05) is 24.9 Å². The second-order valence-electron chi connectivity index (χ2n) is 7.24. The standard InChI is InChI=1S/C21H27N3O5S/c22-21(26)17-13-20-18(14-19(17)25)23-9-11-29-10-4-2-1-3-6-15-7-5-8-16(12-15)24-30(20,27)28/h5,7-8,12-14,23-25H,1-4,6,9-11H2,(H2,22,26). The summed E-state index contributed by atoms with van der Waals surface area (Å²) in [6.45, 7) is 1.36. The Balaban J connectivity index is 1.99. The quantitative estimate of drug-likeness (QED) is 0.547. The number of nitrogens with one attached hydrogen (secondary N) is 2. The van der Waals surface area contributed by atoms with Crippen LogP contribution < -0.4 is 15.8 Å². The molecule has 0 radical (unpaired) electrons. The third-order valence-corrected chi connectivity index (χ3v) is 6.32. The molecule has 0 saturated carbocycles. The van der Waals surface area contributed by atoms with Gasteiger partial charge in [0.05, 0.1) is 17.9 Å². The Hall–Kier alpha value is -2.78. The van der Waals surface area contributed by atoms with Gasteiger partial charge in [0.1, 0.15) is 10.6 Å². The van der Waals surface area contributed by atoms with Crippen LogP contribution in [0.1, 0.15) is 41.6 Å². The zero-order chi connectivity index (χ0) is 21.6. The van der Waals surface area contributed by atoms with Crippen molar-refractivity contribution in [3.63, 3.8) is 0 Å². The van der Waals surface area contributed by atoms with Gasteiger partial charge in [-0.25, -0.2) is 8.42 Å². The van der Waals surface area contributed by atoms with Crippen molar-refractivity contribution < 1.29 is 23.1 Å². The second kappa shape index (κ2) is 9.82. The van der Waals surface area contributed by atoms with Crippen LogP contribution in [0.15, 0.2) is 41.3 Å². The van der Waals surface area contributed by atoms with Crippen molar-refractivity contribution in [1.29, 1.82) is 0 Å². The van der Waals surface area contributed by atoms with Gasteiger partial charge in [-0.15, -0.1) is 0 Å². The Bertz CT molecular complexity index is 1010. The zero-order valence-electron chi connectivity index (χ0n) is 16.7. The molecule has 3 rings (SSSR count). The summed E-state index contributed by atoms with van der Waals surface area (Å²) >= 11 is 0. The van der Waals surface area contributed by atoms with E-state index in [2.05, 4.69) is 10.0 Å². The lowest BCUT2D eigenvalue weighted by Crippen LogP contribution is -2.19. The molecule has 1 amide bonds. The number of carbonyl (C=O) groups excluding carboxylic acids is 1. The van der Waals surface area contributed by atoms with Gasteiger partial charge >= 0.3 is 0 Å². The Morgan fingerprint density at radius 2 is 1.87 bits per heavy atom. The highest BCUT2D eigenvalue weighted by Gasteiger charge is 2.23. The lowest BCUT2D eigenvalue weighted by Gasteiger charge is -2.16. The number of anilines is 2. The van der Waals surface area contributed by atoms with Crippen LogP contribution in [0.2, 0.25) is 0 Å². The number of hydrogen-bond acceptors (Lipinski definition) is 6. The van der Waals surface area contributed by atoms with Gasteiger partial charge in [0.15, 0.2) is 0 Å². The molecule has 8 nitrogen and oxygen atoms in total. The number of nitrogens with two attached hydrogens (primary N) is 1. The highest BCUT2D eigenvalue weighted by atomic mass is 32.2. The van der Waals surface area contributed by atoms with Crippen LogP contribution in [-0.4, -0.2) is 39.2 Å². The minimum Gasteiger partial charge on any atom is -0.507 e. The molecule has 2 aromatic carbocycles. The summed E-state index contributed by atoms with van der Waals surface area (Å²) in [7, 11) is -4.06. The normalized spacial score (nSPS) is 17.6. The molecule has 9 heteroatoms. The van der Waals surface area contributed by atoms with E-state index in [1.165, 1.54) is 6.07 Å². The van der Waals surface area contributed by atoms with Crippen LogP contribution in [0.5, 0.6) is 5.75 Å². The Labute approximate surface area is 176 Å². The maximum Gasteiger partial charge on any atom is 0.263 e. The van der Waals surface area contributed by atoms with E-state index in [1.54, 1.807) is 18.2 Å². The van der Waals surface area contributed by atoms with Crippen LogP contribution >= 0.6 is 0 Å². The number of carbonyl (C=O) groups is 1. The predicted molar refractivity (Wildman–Crippen MR) is 115 cm³/mol. The lowest BCUT2D eigenvalue weighted by molar-refractivity contribution is 0.0997. The topological polar surface area (TPSA) is 131 Å². The molecule has 0 aromatic heterocycles. The van der Waals surface area contributed by atoms with E-state index in [4.69, 9.17) is 10.5 Å². The summed E-state index contributed by atoms with van der Waals surface area (Å²) in [4.78, 5) is 11.5. The van der Waals surface area contributed by atoms with Crippen molar-refractivity contribution in [3.8, 4) is 5.75 Å². The van der Waals surface area contributed by atoms with Gasteiger partial charge < -0.3 is 20.9 Å².